The number of carboxylic acid groups (broad SMARTS) is 1. The monoisotopic (exact) mass is 455 g/mol. The fraction of sp³-hybridized carbons (Fsp3) is 0.800. The summed E-state index contributed by atoms with van der Waals surface area (Å²) in [4.78, 5) is 20.8. The van der Waals surface area contributed by atoms with E-state index in [0.717, 1.165) is 12.8 Å². The Balaban J connectivity index is 0.00000196. The minimum atomic E-state index is -0.959. The Morgan fingerprint density at radius 3 is 2.47 bits per heavy atom. The summed E-state index contributed by atoms with van der Waals surface area (Å²) in [6.45, 7) is 0. The number of hydrogen-bond donors (Lipinski definition) is 2. The second-order valence-corrected chi connectivity index (χ2v) is 3.88. The van der Waals surface area contributed by atoms with Crippen LogP contribution < -0.4 is 5.32 Å². The van der Waals surface area contributed by atoms with Gasteiger partial charge in [0.05, 0.1) is 6.04 Å². The van der Waals surface area contributed by atoms with Gasteiger partial charge in [-0.1, -0.05) is 32.1 Å². The minimum Gasteiger partial charge on any atom is -0.520 e. The van der Waals surface area contributed by atoms with Gasteiger partial charge in [-0.05, 0) is 12.3 Å². The van der Waals surface area contributed by atoms with Crippen LogP contribution in [0.4, 0.5) is 0 Å². The fourth-order valence-corrected chi connectivity index (χ4v) is 2.05. The van der Waals surface area contributed by atoms with Crippen LogP contribution in [0.15, 0.2) is 0 Å². The van der Waals surface area contributed by atoms with Crippen molar-refractivity contribution in [2.24, 2.45) is 5.92 Å². The molecule has 2 N–H and O–H groups in total. The molecule has 0 aromatic rings. The number of carbonyl (C=O) groups is 1. The van der Waals surface area contributed by atoms with Gasteiger partial charge in [-0.15, -0.1) is 0 Å². The van der Waals surface area contributed by atoms with Crippen LogP contribution >= 0.6 is 0 Å². The van der Waals surface area contributed by atoms with Crippen LogP contribution in [0.1, 0.15) is 38.5 Å². The van der Waals surface area contributed by atoms with Crippen molar-refractivity contribution in [3.63, 3.8) is 0 Å². The number of carboxylic acids is 1. The zero-order valence-corrected chi connectivity index (χ0v) is 10.9. The number of aliphatic carboxylic acids is 1. The number of carbonyl (C=O) groups excluding carboxylic acids is 1. The molecule has 0 spiro atoms. The van der Waals surface area contributed by atoms with Crippen LogP contribution in [-0.2, 0) is 9.59 Å². The third-order valence-electron chi connectivity index (χ3n) is 2.83. The van der Waals surface area contributed by atoms with Crippen molar-refractivity contribution in [2.45, 2.75) is 44.6 Å². The second kappa shape index (κ2) is 6.40. The standard InChI is InChI=1S/C10H16NO3.Fm/c12-7-11-9(10(13)14)6-8-4-2-1-3-5-8;/h8-9H,1-6H2,(H,11,12)(H,13,14);/q-1;. The largest absolute Gasteiger partial charge is 0.520 e. The summed E-state index contributed by atoms with van der Waals surface area (Å²) in [5, 5.41) is 11.0. The van der Waals surface area contributed by atoms with Crippen molar-refractivity contribution in [3.8, 4) is 0 Å². The van der Waals surface area contributed by atoms with E-state index in [1.807, 2.05) is 0 Å². The van der Waals surface area contributed by atoms with Crippen LogP contribution in [0.2, 0.25) is 0 Å². The van der Waals surface area contributed by atoms with Crippen molar-refractivity contribution >= 4 is 12.4 Å². The molecule has 0 aromatic carbocycles. The van der Waals surface area contributed by atoms with E-state index in [1.165, 1.54) is 25.7 Å². The number of amides is 1. The van der Waals surface area contributed by atoms with E-state index in [2.05, 4.69) is 5.32 Å². The average molecular weight is 455 g/mol. The quantitative estimate of drug-likeness (QED) is 0.482. The molecule has 1 saturated carbocycles. The van der Waals surface area contributed by atoms with Gasteiger partial charge in [0, 0.05) is 0 Å². The molecule has 1 rings (SSSR count). The van der Waals surface area contributed by atoms with Gasteiger partial charge in [-0.2, -0.15) is 6.41 Å². The third kappa shape index (κ3) is 4.11. The maximum absolute atomic E-state index is 10.7. The van der Waals surface area contributed by atoms with Gasteiger partial charge in [-0.25, -0.2) is 0 Å². The molecule has 4 nitrogen and oxygen atoms in total. The van der Waals surface area contributed by atoms with Gasteiger partial charge in [-0.3, -0.25) is 4.79 Å². The van der Waals surface area contributed by atoms with E-state index in [0.29, 0.717) is 12.3 Å². The van der Waals surface area contributed by atoms with Gasteiger partial charge in [0.1, 0.15) is 0 Å². The molecular weight excluding hydrogens is 439 g/mol. The van der Waals surface area contributed by atoms with Crippen molar-refractivity contribution in [1.82, 2.24) is 5.32 Å². The van der Waals surface area contributed by atoms with E-state index < -0.39 is 12.0 Å². The van der Waals surface area contributed by atoms with Crippen molar-refractivity contribution < 1.29 is 14.7 Å². The Hall–Kier alpha value is -2.06. The Kier molecular flexibility index (Phi) is 5.52. The summed E-state index contributed by atoms with van der Waals surface area (Å²) >= 11 is 0. The molecule has 1 atom stereocenters. The second-order valence-electron chi connectivity index (χ2n) is 3.88. The summed E-state index contributed by atoms with van der Waals surface area (Å²) in [6.07, 6.45) is 7.80. The van der Waals surface area contributed by atoms with Gasteiger partial charge in [0.2, 0.25) is 0 Å². The molecule has 0 saturated heterocycles. The molecule has 0 aromatic heterocycles. The summed E-state index contributed by atoms with van der Waals surface area (Å²) < 4.78 is 0. The molecule has 5 heteroatoms. The summed E-state index contributed by atoms with van der Waals surface area (Å²) in [5.74, 6) is -0.510. The molecule has 1 fully saturated rings. The number of hydrogen-bond acceptors (Lipinski definition) is 2. The maximum Gasteiger partial charge on any atom is 0.323 e. The van der Waals surface area contributed by atoms with Gasteiger partial charge in [0.25, 0.3) is 0 Å². The predicted octanol–water partition coefficient (Wildman–Crippen LogP) is 1.07. The molecule has 92 valence electrons. The van der Waals surface area contributed by atoms with Crippen LogP contribution in [0, 0.1) is 5.92 Å². The van der Waals surface area contributed by atoms with E-state index in [4.69, 9.17) is 5.11 Å². The average Bonchev–Trinajstić information content (AvgIpc) is 2.18. The minimum absolute atomic E-state index is 0. The van der Waals surface area contributed by atoms with Crippen LogP contribution in [0.5, 0.6) is 0 Å². The Morgan fingerprint density at radius 1 is 1.40 bits per heavy atom. The molecule has 0 aliphatic heterocycles. The first-order chi connectivity index (χ1) is 6.74. The first kappa shape index (κ1) is 12.9. The molecule has 0 bridgehead atoms. The van der Waals surface area contributed by atoms with E-state index in [9.17, 15) is 9.59 Å². The Bertz CT molecular complexity index is 205. The van der Waals surface area contributed by atoms with E-state index >= 15 is 0 Å². The Labute approximate surface area is 83.7 Å². The zero-order valence-electron chi connectivity index (χ0n) is 8.45. The third-order valence-corrected chi connectivity index (χ3v) is 2.83. The molecule has 1 aliphatic carbocycles. The van der Waals surface area contributed by atoms with Crippen LogP contribution in [-0.4, -0.2) is 23.5 Å². The zero-order chi connectivity index (χ0) is 10.4. The van der Waals surface area contributed by atoms with E-state index in [1.54, 1.807) is 0 Å². The first-order valence-electron chi connectivity index (χ1n) is 5.09. The molecule has 1 amide bonds. The van der Waals surface area contributed by atoms with Crippen molar-refractivity contribution in [3.05, 3.63) is 0 Å². The summed E-state index contributed by atoms with van der Waals surface area (Å²) in [5.41, 5.74) is 0. The van der Waals surface area contributed by atoms with Crippen LogP contribution in [0.3, 0.4) is 0 Å². The number of rotatable bonds is 5. The summed E-state index contributed by atoms with van der Waals surface area (Å²) in [6, 6.07) is -0.754. The normalized spacial score (nSPS) is 18.7. The molecule has 1 unspecified atom stereocenters. The Morgan fingerprint density at radius 2 is 2.00 bits per heavy atom. The molecular formula is C10H16FmNO3-. The van der Waals surface area contributed by atoms with Crippen LogP contribution in [0.25, 0.3) is 0 Å². The molecule has 0 radical (unpaired) electrons. The fourth-order valence-electron chi connectivity index (χ4n) is 2.05. The van der Waals surface area contributed by atoms with Gasteiger partial charge >= 0.3 is 5.97 Å². The van der Waals surface area contributed by atoms with Crippen molar-refractivity contribution in [2.75, 3.05) is 0 Å². The predicted molar refractivity (Wildman–Crippen MR) is 51.4 cm³/mol. The van der Waals surface area contributed by atoms with Gasteiger partial charge < -0.3 is 15.2 Å². The maximum atomic E-state index is 10.7. The topological polar surface area (TPSA) is 66.4 Å². The SMILES string of the molecule is O=[C-]NC(CC1CCCCC1)C(=O)O.[Fm]. The first-order valence-corrected chi connectivity index (χ1v) is 5.09. The van der Waals surface area contributed by atoms with Gasteiger partial charge in [0.15, 0.2) is 0 Å². The number of nitrogens with one attached hydrogen (secondary N) is 1. The smallest absolute Gasteiger partial charge is 0.323 e. The molecule has 15 heavy (non-hydrogen) atoms. The van der Waals surface area contributed by atoms with Crippen molar-refractivity contribution in [1.29, 1.82) is 0 Å². The summed E-state index contributed by atoms with van der Waals surface area (Å²) in [7, 11) is 0. The molecule has 1 aliphatic rings. The van der Waals surface area contributed by atoms with E-state index in [-0.39, 0.29) is 0 Å². The molecule has 0 heterocycles.